The predicted molar refractivity (Wildman–Crippen MR) is 125 cm³/mol. The number of para-hydroxylation sites is 1. The van der Waals surface area contributed by atoms with Gasteiger partial charge in [0.25, 0.3) is 0 Å². The van der Waals surface area contributed by atoms with Gasteiger partial charge in [-0.05, 0) is 48.7 Å². The van der Waals surface area contributed by atoms with E-state index in [9.17, 15) is 4.79 Å². The van der Waals surface area contributed by atoms with Gasteiger partial charge in [0.2, 0.25) is 0 Å². The summed E-state index contributed by atoms with van der Waals surface area (Å²) in [5, 5.41) is 4.32. The summed E-state index contributed by atoms with van der Waals surface area (Å²) in [5.74, 6) is 0. The molecule has 2 N–H and O–H groups in total. The first-order valence-corrected chi connectivity index (χ1v) is 10.9. The lowest BCUT2D eigenvalue weighted by atomic mass is 9.92. The van der Waals surface area contributed by atoms with Gasteiger partial charge >= 0.3 is 6.03 Å². The molecule has 1 atom stereocenters. The van der Waals surface area contributed by atoms with Crippen molar-refractivity contribution in [2.75, 3.05) is 11.9 Å². The fourth-order valence-electron chi connectivity index (χ4n) is 4.32. The number of carbonyl (C=O) groups is 1. The lowest BCUT2D eigenvalue weighted by Crippen LogP contribution is -2.43. The molecule has 1 aromatic heterocycles. The summed E-state index contributed by atoms with van der Waals surface area (Å²) in [5.41, 5.74) is 6.63. The van der Waals surface area contributed by atoms with E-state index >= 15 is 0 Å². The molecule has 30 heavy (non-hydrogen) atoms. The van der Waals surface area contributed by atoms with Crippen molar-refractivity contribution in [2.24, 2.45) is 0 Å². The third-order valence-electron chi connectivity index (χ3n) is 5.76. The number of halogens is 1. The van der Waals surface area contributed by atoms with Crippen LogP contribution in [-0.4, -0.2) is 22.5 Å². The van der Waals surface area contributed by atoms with Crippen LogP contribution < -0.4 is 5.32 Å². The lowest BCUT2D eigenvalue weighted by Gasteiger charge is -2.36. The zero-order chi connectivity index (χ0) is 20.7. The molecule has 0 fully saturated rings. The minimum absolute atomic E-state index is 0.0945. The van der Waals surface area contributed by atoms with Gasteiger partial charge in [0.05, 0.1) is 6.04 Å². The monoisotopic (exact) mass is 459 g/mol. The van der Waals surface area contributed by atoms with Gasteiger partial charge in [0.15, 0.2) is 0 Å². The van der Waals surface area contributed by atoms with Crippen molar-refractivity contribution in [3.63, 3.8) is 0 Å². The third kappa shape index (κ3) is 3.39. The number of aromatic nitrogens is 1. The fourth-order valence-corrected chi connectivity index (χ4v) is 4.72. The number of aromatic amines is 1. The average molecular weight is 460 g/mol. The molecule has 0 radical (unpaired) electrons. The van der Waals surface area contributed by atoms with Crippen LogP contribution in [0.1, 0.15) is 28.4 Å². The minimum Gasteiger partial charge on any atom is -0.356 e. The molecule has 0 aliphatic carbocycles. The normalized spacial score (nSPS) is 15.8. The first-order valence-electron chi connectivity index (χ1n) is 10.1. The SMILES string of the molecule is Cc1ccc([C@H]2c3[nH]c4ccccc4c3CCN2C(=O)Nc2cccc(Br)c2)cc1. The van der Waals surface area contributed by atoms with Gasteiger partial charge in [0.1, 0.15) is 0 Å². The van der Waals surface area contributed by atoms with E-state index < -0.39 is 0 Å². The molecule has 2 amide bonds. The van der Waals surface area contributed by atoms with Crippen LogP contribution in [0.15, 0.2) is 77.3 Å². The van der Waals surface area contributed by atoms with Crippen molar-refractivity contribution in [3.05, 3.63) is 99.7 Å². The summed E-state index contributed by atoms with van der Waals surface area (Å²) in [4.78, 5) is 18.9. The van der Waals surface area contributed by atoms with E-state index in [4.69, 9.17) is 0 Å². The number of rotatable bonds is 2. The van der Waals surface area contributed by atoms with Crippen molar-refractivity contribution in [2.45, 2.75) is 19.4 Å². The van der Waals surface area contributed by atoms with Crippen molar-refractivity contribution >= 4 is 38.6 Å². The Balaban J connectivity index is 1.57. The highest BCUT2D eigenvalue weighted by atomic mass is 79.9. The number of nitrogens with zero attached hydrogens (tertiary/aromatic N) is 1. The van der Waals surface area contributed by atoms with E-state index in [1.165, 1.54) is 16.5 Å². The molecule has 0 spiro atoms. The van der Waals surface area contributed by atoms with E-state index in [1.807, 2.05) is 35.2 Å². The van der Waals surface area contributed by atoms with Crippen LogP contribution in [0.2, 0.25) is 0 Å². The second-order valence-corrected chi connectivity index (χ2v) is 8.68. The summed E-state index contributed by atoms with van der Waals surface area (Å²) in [6.45, 7) is 2.74. The van der Waals surface area contributed by atoms with Crippen molar-refractivity contribution in [1.29, 1.82) is 0 Å². The molecule has 0 saturated heterocycles. The summed E-state index contributed by atoms with van der Waals surface area (Å²) >= 11 is 3.47. The highest BCUT2D eigenvalue weighted by Gasteiger charge is 2.34. The maximum Gasteiger partial charge on any atom is 0.322 e. The molecule has 4 aromatic rings. The summed E-state index contributed by atoms with van der Waals surface area (Å²) in [6, 6.07) is 24.3. The van der Waals surface area contributed by atoms with Crippen LogP contribution in [0.25, 0.3) is 10.9 Å². The Morgan fingerprint density at radius 3 is 2.67 bits per heavy atom. The number of carbonyl (C=O) groups excluding carboxylic acids is 1. The van der Waals surface area contributed by atoms with E-state index in [0.717, 1.165) is 33.4 Å². The number of nitrogens with one attached hydrogen (secondary N) is 2. The molecule has 0 unspecified atom stereocenters. The Bertz CT molecular complexity index is 1230. The summed E-state index contributed by atoms with van der Waals surface area (Å²) in [7, 11) is 0. The maximum atomic E-state index is 13.3. The van der Waals surface area contributed by atoms with Crippen LogP contribution in [0, 0.1) is 6.92 Å². The van der Waals surface area contributed by atoms with E-state index in [0.29, 0.717) is 6.54 Å². The maximum absolute atomic E-state index is 13.3. The number of aryl methyl sites for hydroxylation is 1. The Kier molecular flexibility index (Phi) is 4.83. The number of urea groups is 1. The number of hydrogen-bond donors (Lipinski definition) is 2. The van der Waals surface area contributed by atoms with Gasteiger partial charge < -0.3 is 15.2 Å². The predicted octanol–water partition coefficient (Wildman–Crippen LogP) is 6.42. The van der Waals surface area contributed by atoms with Crippen LogP contribution in [0.4, 0.5) is 10.5 Å². The third-order valence-corrected chi connectivity index (χ3v) is 6.26. The molecule has 150 valence electrons. The number of hydrogen-bond acceptors (Lipinski definition) is 1. The van der Waals surface area contributed by atoms with Crippen LogP contribution in [0.3, 0.4) is 0 Å². The Hall–Kier alpha value is -3.05. The largest absolute Gasteiger partial charge is 0.356 e. The van der Waals surface area contributed by atoms with Crippen molar-refractivity contribution in [3.8, 4) is 0 Å². The van der Waals surface area contributed by atoms with Crippen LogP contribution in [0.5, 0.6) is 0 Å². The number of H-pyrrole nitrogens is 1. The molecule has 0 saturated carbocycles. The van der Waals surface area contributed by atoms with Gasteiger partial charge in [-0.2, -0.15) is 0 Å². The molecule has 3 aromatic carbocycles. The summed E-state index contributed by atoms with van der Waals surface area (Å²) < 4.78 is 0.937. The molecular weight excluding hydrogens is 438 g/mol. The van der Waals surface area contributed by atoms with Gasteiger partial charge in [-0.3, -0.25) is 0 Å². The second kappa shape index (κ2) is 7.65. The molecule has 5 heteroatoms. The minimum atomic E-state index is -0.158. The Labute approximate surface area is 184 Å². The number of anilines is 1. The first-order chi connectivity index (χ1) is 14.6. The van der Waals surface area contributed by atoms with Crippen molar-refractivity contribution < 1.29 is 4.79 Å². The molecular formula is C25H22BrN3O. The average Bonchev–Trinajstić information content (AvgIpc) is 3.12. The van der Waals surface area contributed by atoms with E-state index in [-0.39, 0.29) is 12.1 Å². The molecule has 1 aliphatic heterocycles. The quantitative estimate of drug-likeness (QED) is 0.356. The van der Waals surface area contributed by atoms with Crippen LogP contribution >= 0.6 is 15.9 Å². The van der Waals surface area contributed by atoms with Crippen LogP contribution in [-0.2, 0) is 6.42 Å². The van der Waals surface area contributed by atoms with E-state index in [1.54, 1.807) is 0 Å². The Morgan fingerprint density at radius 2 is 1.87 bits per heavy atom. The fraction of sp³-hybridized carbons (Fsp3) is 0.160. The molecule has 0 bridgehead atoms. The molecule has 4 nitrogen and oxygen atoms in total. The number of fused-ring (bicyclic) bond motifs is 3. The topological polar surface area (TPSA) is 48.1 Å². The van der Waals surface area contributed by atoms with Gasteiger partial charge in [-0.25, -0.2) is 4.79 Å². The molecule has 5 rings (SSSR count). The first kappa shape index (κ1) is 18.9. The second-order valence-electron chi connectivity index (χ2n) is 7.76. The zero-order valence-electron chi connectivity index (χ0n) is 16.7. The van der Waals surface area contributed by atoms with Gasteiger partial charge in [-0.15, -0.1) is 0 Å². The lowest BCUT2D eigenvalue weighted by molar-refractivity contribution is 0.193. The van der Waals surface area contributed by atoms with Gasteiger partial charge in [0, 0.05) is 33.3 Å². The zero-order valence-corrected chi connectivity index (χ0v) is 18.2. The standard InChI is InChI=1S/C25H22BrN3O/c1-16-9-11-17(12-10-16)24-23-21(20-7-2-3-8-22(20)28-23)13-14-29(24)25(30)27-19-6-4-5-18(26)15-19/h2-12,15,24,28H,13-14H2,1H3,(H,27,30)/t24-/m0/s1. The van der Waals surface area contributed by atoms with E-state index in [2.05, 4.69) is 75.6 Å². The highest BCUT2D eigenvalue weighted by molar-refractivity contribution is 9.10. The van der Waals surface area contributed by atoms with Crippen molar-refractivity contribution in [1.82, 2.24) is 9.88 Å². The number of benzene rings is 3. The molecule has 2 heterocycles. The molecule has 1 aliphatic rings. The van der Waals surface area contributed by atoms with Gasteiger partial charge in [-0.1, -0.05) is 70.0 Å². The highest BCUT2D eigenvalue weighted by Crippen LogP contribution is 2.38. The Morgan fingerprint density at radius 1 is 1.07 bits per heavy atom. The number of amides is 2. The summed E-state index contributed by atoms with van der Waals surface area (Å²) in [6.07, 6.45) is 0.827. The smallest absolute Gasteiger partial charge is 0.322 e.